The first-order chi connectivity index (χ1) is 8.97. The SMILES string of the molecule is CCCCOC(=O)NC1C(=O)N(OCC(=O)O)C1C. The van der Waals surface area contributed by atoms with Gasteiger partial charge in [-0.05, 0) is 13.3 Å². The van der Waals surface area contributed by atoms with Crippen LogP contribution in [0.5, 0.6) is 0 Å². The molecule has 0 radical (unpaired) electrons. The van der Waals surface area contributed by atoms with E-state index in [4.69, 9.17) is 14.7 Å². The number of β-lactam (4-membered cyclic amide) rings is 1. The Morgan fingerprint density at radius 3 is 2.68 bits per heavy atom. The summed E-state index contributed by atoms with van der Waals surface area (Å²) in [6.45, 7) is 3.32. The van der Waals surface area contributed by atoms with Gasteiger partial charge in [0.05, 0.1) is 12.6 Å². The third kappa shape index (κ3) is 4.09. The van der Waals surface area contributed by atoms with E-state index in [0.717, 1.165) is 17.9 Å². The highest BCUT2D eigenvalue weighted by Crippen LogP contribution is 2.20. The van der Waals surface area contributed by atoms with E-state index in [2.05, 4.69) is 5.32 Å². The molecule has 0 saturated carbocycles. The van der Waals surface area contributed by atoms with Crippen molar-refractivity contribution in [3.05, 3.63) is 0 Å². The lowest BCUT2D eigenvalue weighted by atomic mass is 10.0. The maximum Gasteiger partial charge on any atom is 0.407 e. The van der Waals surface area contributed by atoms with Crippen molar-refractivity contribution < 1.29 is 29.1 Å². The molecule has 8 nitrogen and oxygen atoms in total. The first kappa shape index (κ1) is 15.2. The van der Waals surface area contributed by atoms with E-state index < -0.39 is 36.7 Å². The lowest BCUT2D eigenvalue weighted by Gasteiger charge is -2.43. The van der Waals surface area contributed by atoms with Gasteiger partial charge in [-0.25, -0.2) is 14.7 Å². The number of carbonyl (C=O) groups excluding carboxylic acids is 2. The number of unbranched alkanes of at least 4 members (excludes halogenated alkanes) is 1. The predicted molar refractivity (Wildman–Crippen MR) is 63.1 cm³/mol. The van der Waals surface area contributed by atoms with Crippen molar-refractivity contribution in [3.8, 4) is 0 Å². The second-order valence-corrected chi connectivity index (χ2v) is 4.18. The Balaban J connectivity index is 2.31. The van der Waals surface area contributed by atoms with Crippen molar-refractivity contribution in [2.24, 2.45) is 0 Å². The lowest BCUT2D eigenvalue weighted by molar-refractivity contribution is -0.233. The molecule has 0 aromatic carbocycles. The molecule has 1 fully saturated rings. The summed E-state index contributed by atoms with van der Waals surface area (Å²) in [5.41, 5.74) is 0. The van der Waals surface area contributed by atoms with Crippen LogP contribution in [0.25, 0.3) is 0 Å². The number of aliphatic carboxylic acids is 1. The van der Waals surface area contributed by atoms with Gasteiger partial charge in [0.15, 0.2) is 6.61 Å². The number of alkyl carbamates (subject to hydrolysis) is 1. The fourth-order valence-electron chi connectivity index (χ4n) is 1.56. The topological polar surface area (TPSA) is 105 Å². The Morgan fingerprint density at radius 1 is 1.47 bits per heavy atom. The molecule has 2 unspecified atom stereocenters. The van der Waals surface area contributed by atoms with Crippen LogP contribution in [0.15, 0.2) is 0 Å². The van der Waals surface area contributed by atoms with E-state index in [9.17, 15) is 14.4 Å². The molecule has 0 spiro atoms. The first-order valence-electron chi connectivity index (χ1n) is 6.08. The molecule has 0 bridgehead atoms. The van der Waals surface area contributed by atoms with E-state index in [-0.39, 0.29) is 0 Å². The smallest absolute Gasteiger partial charge is 0.407 e. The van der Waals surface area contributed by atoms with Gasteiger partial charge in [-0.3, -0.25) is 9.63 Å². The Morgan fingerprint density at radius 2 is 2.16 bits per heavy atom. The van der Waals surface area contributed by atoms with Crippen LogP contribution in [0.1, 0.15) is 26.7 Å². The second kappa shape index (κ2) is 6.93. The Labute approximate surface area is 110 Å². The van der Waals surface area contributed by atoms with Crippen LogP contribution in [0, 0.1) is 0 Å². The number of hydrogen-bond acceptors (Lipinski definition) is 5. The van der Waals surface area contributed by atoms with Crippen LogP contribution < -0.4 is 5.32 Å². The van der Waals surface area contributed by atoms with Crippen molar-refractivity contribution in [2.45, 2.75) is 38.8 Å². The third-order valence-corrected chi connectivity index (χ3v) is 2.67. The predicted octanol–water partition coefficient (Wildman–Crippen LogP) is 0.128. The van der Waals surface area contributed by atoms with E-state index in [1.807, 2.05) is 6.92 Å². The van der Waals surface area contributed by atoms with Crippen LogP contribution in [-0.4, -0.2) is 53.4 Å². The van der Waals surface area contributed by atoms with Gasteiger partial charge in [0.1, 0.15) is 6.04 Å². The maximum absolute atomic E-state index is 11.6. The summed E-state index contributed by atoms with van der Waals surface area (Å²) in [4.78, 5) is 38.0. The molecule has 0 aliphatic carbocycles. The number of carboxylic acid groups (broad SMARTS) is 1. The zero-order valence-electron chi connectivity index (χ0n) is 10.9. The summed E-state index contributed by atoms with van der Waals surface area (Å²) in [6.07, 6.45) is 1.01. The monoisotopic (exact) mass is 274 g/mol. The van der Waals surface area contributed by atoms with Gasteiger partial charge in [-0.2, -0.15) is 0 Å². The lowest BCUT2D eigenvalue weighted by Crippen LogP contribution is -2.69. The molecule has 8 heteroatoms. The molecule has 2 atom stereocenters. The van der Waals surface area contributed by atoms with Crippen LogP contribution in [0.4, 0.5) is 4.79 Å². The van der Waals surface area contributed by atoms with Gasteiger partial charge in [0.2, 0.25) is 0 Å². The second-order valence-electron chi connectivity index (χ2n) is 4.18. The maximum atomic E-state index is 11.6. The van der Waals surface area contributed by atoms with Gasteiger partial charge in [-0.15, -0.1) is 0 Å². The van der Waals surface area contributed by atoms with Crippen LogP contribution in [-0.2, 0) is 19.2 Å². The standard InChI is InChI=1S/C11H18N2O6/c1-3-4-5-18-11(17)12-9-7(2)13(10(9)16)19-6-8(14)15/h7,9H,3-6H2,1-2H3,(H,12,17)(H,14,15). The highest BCUT2D eigenvalue weighted by Gasteiger charge is 2.47. The highest BCUT2D eigenvalue weighted by atomic mass is 16.7. The average molecular weight is 274 g/mol. The summed E-state index contributed by atoms with van der Waals surface area (Å²) >= 11 is 0. The van der Waals surface area contributed by atoms with Crippen LogP contribution in [0.2, 0.25) is 0 Å². The minimum Gasteiger partial charge on any atom is -0.479 e. The third-order valence-electron chi connectivity index (χ3n) is 2.67. The van der Waals surface area contributed by atoms with Crippen molar-refractivity contribution >= 4 is 18.0 Å². The first-order valence-corrected chi connectivity index (χ1v) is 6.08. The largest absolute Gasteiger partial charge is 0.479 e. The normalized spacial score (nSPS) is 21.8. The van der Waals surface area contributed by atoms with E-state index in [0.29, 0.717) is 6.61 Å². The summed E-state index contributed by atoms with van der Waals surface area (Å²) in [7, 11) is 0. The minimum atomic E-state index is -1.17. The summed E-state index contributed by atoms with van der Waals surface area (Å²) in [5, 5.41) is 11.8. The Kier molecular flexibility index (Phi) is 5.56. The molecule has 0 aromatic rings. The van der Waals surface area contributed by atoms with Gasteiger partial charge in [0, 0.05) is 0 Å². The fraction of sp³-hybridized carbons (Fsp3) is 0.727. The molecule has 2 amide bonds. The number of hydroxylamine groups is 2. The van der Waals surface area contributed by atoms with Gasteiger partial charge in [-0.1, -0.05) is 13.3 Å². The number of nitrogens with one attached hydrogen (secondary N) is 1. The molecule has 108 valence electrons. The molecular weight excluding hydrogens is 256 g/mol. The zero-order chi connectivity index (χ0) is 14.4. The van der Waals surface area contributed by atoms with E-state index >= 15 is 0 Å². The molecule has 0 aromatic heterocycles. The minimum absolute atomic E-state index is 0.302. The Bertz CT molecular complexity index is 359. The van der Waals surface area contributed by atoms with Crippen molar-refractivity contribution in [1.29, 1.82) is 0 Å². The van der Waals surface area contributed by atoms with Gasteiger partial charge in [0.25, 0.3) is 5.91 Å². The summed E-state index contributed by atoms with van der Waals surface area (Å²) in [5.74, 6) is -1.66. The number of amides is 2. The molecule has 1 aliphatic rings. The molecular formula is C11H18N2O6. The fourth-order valence-corrected chi connectivity index (χ4v) is 1.56. The Hall–Kier alpha value is -1.83. The molecule has 1 heterocycles. The van der Waals surface area contributed by atoms with Crippen LogP contribution >= 0.6 is 0 Å². The quantitative estimate of drug-likeness (QED) is 0.505. The average Bonchev–Trinajstić information content (AvgIpc) is 2.36. The number of ether oxygens (including phenoxy) is 1. The number of carboxylic acids is 1. The van der Waals surface area contributed by atoms with Crippen molar-refractivity contribution in [3.63, 3.8) is 0 Å². The van der Waals surface area contributed by atoms with Gasteiger partial charge >= 0.3 is 12.1 Å². The summed E-state index contributed by atoms with van der Waals surface area (Å²) in [6, 6.07) is -1.16. The summed E-state index contributed by atoms with van der Waals surface area (Å²) < 4.78 is 4.86. The molecule has 1 saturated heterocycles. The zero-order valence-corrected chi connectivity index (χ0v) is 10.9. The number of hydrogen-bond donors (Lipinski definition) is 2. The number of nitrogens with zero attached hydrogens (tertiary/aromatic N) is 1. The number of rotatable bonds is 7. The van der Waals surface area contributed by atoms with Crippen LogP contribution in [0.3, 0.4) is 0 Å². The molecule has 19 heavy (non-hydrogen) atoms. The highest BCUT2D eigenvalue weighted by molar-refractivity contribution is 5.91. The van der Waals surface area contributed by atoms with E-state index in [1.165, 1.54) is 0 Å². The molecule has 1 aliphatic heterocycles. The molecule has 2 N–H and O–H groups in total. The van der Waals surface area contributed by atoms with E-state index in [1.54, 1.807) is 6.92 Å². The molecule has 1 rings (SSSR count). The van der Waals surface area contributed by atoms with Crippen molar-refractivity contribution in [2.75, 3.05) is 13.2 Å². The van der Waals surface area contributed by atoms with Crippen molar-refractivity contribution in [1.82, 2.24) is 10.4 Å². The number of carbonyl (C=O) groups is 3. The van der Waals surface area contributed by atoms with Gasteiger partial charge < -0.3 is 15.2 Å².